The van der Waals surface area contributed by atoms with E-state index in [1.807, 2.05) is 12.1 Å². The van der Waals surface area contributed by atoms with Crippen molar-refractivity contribution in [2.45, 2.75) is 135 Å². The van der Waals surface area contributed by atoms with Crippen molar-refractivity contribution in [1.82, 2.24) is 0 Å². The molecule has 1 saturated heterocycles. The molecule has 198 valence electrons. The molecule has 2 saturated carbocycles. The van der Waals surface area contributed by atoms with Crippen LogP contribution in [0.1, 0.15) is 145 Å². The van der Waals surface area contributed by atoms with Crippen LogP contribution in [0, 0.1) is 23.6 Å². The maximum atomic E-state index is 15.6. The van der Waals surface area contributed by atoms with Gasteiger partial charge in [-0.3, -0.25) is 0 Å². The summed E-state index contributed by atoms with van der Waals surface area (Å²) in [7, 11) is 0. The van der Waals surface area contributed by atoms with E-state index >= 15 is 4.39 Å². The van der Waals surface area contributed by atoms with Crippen LogP contribution in [0.2, 0.25) is 0 Å². The molecule has 2 atom stereocenters. The van der Waals surface area contributed by atoms with Crippen molar-refractivity contribution >= 4 is 0 Å². The van der Waals surface area contributed by atoms with Crippen LogP contribution in [0.4, 0.5) is 13.2 Å². The lowest BCUT2D eigenvalue weighted by Crippen LogP contribution is -2.34. The van der Waals surface area contributed by atoms with Crippen LogP contribution in [-0.4, -0.2) is 12.7 Å². The van der Waals surface area contributed by atoms with Crippen molar-refractivity contribution < 1.29 is 17.9 Å². The number of halogens is 3. The molecule has 1 aromatic carbocycles. The smallest absolute Gasteiger partial charge is 0.266 e. The van der Waals surface area contributed by atoms with E-state index in [1.165, 1.54) is 57.8 Å². The third-order valence-electron chi connectivity index (χ3n) is 9.58. The average Bonchev–Trinajstić information content (AvgIpc) is 2.88. The summed E-state index contributed by atoms with van der Waals surface area (Å²) in [6.07, 6.45) is 14.6. The predicted octanol–water partition coefficient (Wildman–Crippen LogP) is 10.1. The van der Waals surface area contributed by atoms with Gasteiger partial charge in [-0.05, 0) is 86.2 Å². The highest BCUT2D eigenvalue weighted by atomic mass is 19.3. The standard InChI is InChI=1S/C31H47F3O/c1-3-5-7-22-8-12-23(13-9-22)26-17-18-27(30(32)29(26)31(33)34)25-16-19-28(35-20-25)24-14-10-21(6-4-2)11-15-24/h17-18,21-25,28,31H,3-16,19-20H2,1-2H3. The van der Waals surface area contributed by atoms with Crippen LogP contribution in [0.5, 0.6) is 0 Å². The lowest BCUT2D eigenvalue weighted by Gasteiger charge is -2.38. The first-order chi connectivity index (χ1) is 17.0. The van der Waals surface area contributed by atoms with Crippen LogP contribution in [0.15, 0.2) is 12.1 Å². The first-order valence-electron chi connectivity index (χ1n) is 14.7. The second-order valence-electron chi connectivity index (χ2n) is 11.8. The zero-order valence-electron chi connectivity index (χ0n) is 22.1. The van der Waals surface area contributed by atoms with E-state index in [1.54, 1.807) is 0 Å². The van der Waals surface area contributed by atoms with Crippen LogP contribution < -0.4 is 0 Å². The molecular weight excluding hydrogens is 445 g/mol. The molecule has 3 fully saturated rings. The molecule has 4 heteroatoms. The van der Waals surface area contributed by atoms with E-state index < -0.39 is 12.2 Å². The number of alkyl halides is 2. The SMILES string of the molecule is CCCCC1CCC(c2ccc(C3CCC(C4CCC(CCC)CC4)OC3)c(F)c2C(F)F)CC1. The number of hydrogen-bond donors (Lipinski definition) is 0. The molecule has 0 amide bonds. The minimum atomic E-state index is -2.77. The molecule has 2 aliphatic carbocycles. The Hall–Kier alpha value is -1.03. The molecule has 4 rings (SSSR count). The molecule has 0 radical (unpaired) electrons. The summed E-state index contributed by atoms with van der Waals surface area (Å²) in [6, 6.07) is 3.64. The van der Waals surface area contributed by atoms with E-state index in [4.69, 9.17) is 4.74 Å². The zero-order valence-corrected chi connectivity index (χ0v) is 22.1. The van der Waals surface area contributed by atoms with E-state index in [0.29, 0.717) is 29.6 Å². The minimum absolute atomic E-state index is 0.0650. The van der Waals surface area contributed by atoms with Gasteiger partial charge in [0.05, 0.1) is 18.3 Å². The Morgan fingerprint density at radius 1 is 0.771 bits per heavy atom. The summed E-state index contributed by atoms with van der Waals surface area (Å²) in [5, 5.41) is 0. The molecule has 3 aliphatic rings. The minimum Gasteiger partial charge on any atom is -0.377 e. The Kier molecular flexibility index (Phi) is 10.0. The molecule has 0 bridgehead atoms. The fourth-order valence-corrected chi connectivity index (χ4v) is 7.42. The van der Waals surface area contributed by atoms with Gasteiger partial charge < -0.3 is 4.74 Å². The first-order valence-corrected chi connectivity index (χ1v) is 14.7. The van der Waals surface area contributed by atoms with Crippen molar-refractivity contribution in [2.75, 3.05) is 6.61 Å². The zero-order chi connectivity index (χ0) is 24.8. The van der Waals surface area contributed by atoms with Crippen LogP contribution in [0.3, 0.4) is 0 Å². The topological polar surface area (TPSA) is 9.23 Å². The number of ether oxygens (including phenoxy) is 1. The lowest BCUT2D eigenvalue weighted by molar-refractivity contribution is -0.0440. The second kappa shape index (κ2) is 13.0. The van der Waals surface area contributed by atoms with Gasteiger partial charge in [-0.15, -0.1) is 0 Å². The largest absolute Gasteiger partial charge is 0.377 e. The third kappa shape index (κ3) is 6.65. The first kappa shape index (κ1) is 27.0. The van der Waals surface area contributed by atoms with Gasteiger partial charge in [0.15, 0.2) is 0 Å². The van der Waals surface area contributed by atoms with Crippen molar-refractivity contribution in [3.63, 3.8) is 0 Å². The summed E-state index contributed by atoms with van der Waals surface area (Å²) < 4.78 is 50.2. The van der Waals surface area contributed by atoms with Crippen LogP contribution in [-0.2, 0) is 4.74 Å². The summed E-state index contributed by atoms with van der Waals surface area (Å²) in [6.45, 7) is 4.93. The van der Waals surface area contributed by atoms with Crippen molar-refractivity contribution in [1.29, 1.82) is 0 Å². The molecule has 1 aliphatic heterocycles. The van der Waals surface area contributed by atoms with Gasteiger partial charge in [-0.25, -0.2) is 13.2 Å². The molecule has 0 spiro atoms. The predicted molar refractivity (Wildman–Crippen MR) is 138 cm³/mol. The second-order valence-corrected chi connectivity index (χ2v) is 11.8. The Morgan fingerprint density at radius 2 is 1.40 bits per heavy atom. The Morgan fingerprint density at radius 3 is 2.00 bits per heavy atom. The molecule has 1 heterocycles. The molecule has 0 N–H and O–H groups in total. The van der Waals surface area contributed by atoms with Gasteiger partial charge in [-0.2, -0.15) is 0 Å². The summed E-state index contributed by atoms with van der Waals surface area (Å²) in [4.78, 5) is 0. The van der Waals surface area contributed by atoms with E-state index in [-0.39, 0.29) is 23.5 Å². The van der Waals surface area contributed by atoms with E-state index in [9.17, 15) is 8.78 Å². The number of hydrogen-bond acceptors (Lipinski definition) is 1. The number of unbranched alkanes of at least 4 members (excludes halogenated alkanes) is 1. The lowest BCUT2D eigenvalue weighted by atomic mass is 9.74. The number of benzene rings is 1. The van der Waals surface area contributed by atoms with Crippen LogP contribution in [0.25, 0.3) is 0 Å². The van der Waals surface area contributed by atoms with Crippen molar-refractivity contribution in [3.05, 3.63) is 34.6 Å². The summed E-state index contributed by atoms with van der Waals surface area (Å²) in [5.41, 5.74) is 0.690. The molecular formula is C31H47F3O. The van der Waals surface area contributed by atoms with Gasteiger partial charge in [-0.1, -0.05) is 70.9 Å². The Balaban J connectivity index is 1.37. The van der Waals surface area contributed by atoms with Crippen molar-refractivity contribution in [2.24, 2.45) is 17.8 Å². The van der Waals surface area contributed by atoms with Crippen molar-refractivity contribution in [3.8, 4) is 0 Å². The number of rotatable bonds is 9. The van der Waals surface area contributed by atoms with Gasteiger partial charge in [0.1, 0.15) is 5.82 Å². The highest BCUT2D eigenvalue weighted by molar-refractivity contribution is 5.39. The van der Waals surface area contributed by atoms with Gasteiger partial charge in [0, 0.05) is 5.92 Å². The summed E-state index contributed by atoms with van der Waals surface area (Å²) in [5.74, 6) is 1.49. The third-order valence-corrected chi connectivity index (χ3v) is 9.58. The van der Waals surface area contributed by atoms with E-state index in [0.717, 1.165) is 44.4 Å². The molecule has 1 nitrogen and oxygen atoms in total. The molecule has 1 aromatic rings. The molecule has 0 aromatic heterocycles. The van der Waals surface area contributed by atoms with E-state index in [2.05, 4.69) is 13.8 Å². The Labute approximate surface area is 211 Å². The highest BCUT2D eigenvalue weighted by Gasteiger charge is 2.35. The summed E-state index contributed by atoms with van der Waals surface area (Å²) >= 11 is 0. The monoisotopic (exact) mass is 492 g/mol. The average molecular weight is 493 g/mol. The van der Waals surface area contributed by atoms with Crippen LogP contribution >= 0.6 is 0 Å². The quantitative estimate of drug-likeness (QED) is 0.333. The fraction of sp³-hybridized carbons (Fsp3) is 0.806. The highest BCUT2D eigenvalue weighted by Crippen LogP contribution is 2.44. The van der Waals surface area contributed by atoms with Gasteiger partial charge in [0.25, 0.3) is 6.43 Å². The molecule has 2 unspecified atom stereocenters. The van der Waals surface area contributed by atoms with Gasteiger partial charge in [0.2, 0.25) is 0 Å². The maximum Gasteiger partial charge on any atom is 0.266 e. The maximum absolute atomic E-state index is 15.6. The fourth-order valence-electron chi connectivity index (χ4n) is 7.42. The van der Waals surface area contributed by atoms with Gasteiger partial charge >= 0.3 is 0 Å². The Bertz CT molecular complexity index is 770. The molecule has 35 heavy (non-hydrogen) atoms. The normalized spacial score (nSPS) is 32.2.